The second kappa shape index (κ2) is 3.87. The Kier molecular flexibility index (Phi) is 2.33. The third-order valence-electron chi connectivity index (χ3n) is 3.34. The Bertz CT molecular complexity index is 690. The van der Waals surface area contributed by atoms with Crippen LogP contribution >= 0.6 is 0 Å². The molecule has 1 aromatic heterocycles. The third-order valence-corrected chi connectivity index (χ3v) is 3.34. The van der Waals surface area contributed by atoms with Gasteiger partial charge in [-0.15, -0.1) is 0 Å². The molecule has 1 N–H and O–H groups in total. The zero-order valence-electron chi connectivity index (χ0n) is 10.0. The van der Waals surface area contributed by atoms with Gasteiger partial charge in [0, 0.05) is 26.3 Å². The molecule has 0 fully saturated rings. The van der Waals surface area contributed by atoms with E-state index in [1.165, 1.54) is 24.4 Å². The standard InChI is InChI=1S/C13H13N3O2/c1-15-12(17)11(6-14-13(15)18)16-7-9-4-2-3-5-10(9)8-16/h2-6H,7-8H2,1H3,(H,14,18). The maximum Gasteiger partial charge on any atom is 0.328 e. The Labute approximate surface area is 103 Å². The van der Waals surface area contributed by atoms with Crippen molar-refractivity contribution in [1.82, 2.24) is 9.55 Å². The molecular formula is C13H13N3O2. The van der Waals surface area contributed by atoms with Crippen LogP contribution < -0.4 is 16.1 Å². The SMILES string of the molecule is Cn1c(=O)[nH]cc(N2Cc3ccccc3C2)c1=O. The topological polar surface area (TPSA) is 58.1 Å². The molecule has 0 bridgehead atoms. The van der Waals surface area contributed by atoms with E-state index in [1.54, 1.807) is 0 Å². The van der Waals surface area contributed by atoms with Crippen molar-refractivity contribution in [2.24, 2.45) is 7.05 Å². The summed E-state index contributed by atoms with van der Waals surface area (Å²) in [5, 5.41) is 0. The van der Waals surface area contributed by atoms with E-state index in [-0.39, 0.29) is 11.2 Å². The van der Waals surface area contributed by atoms with E-state index < -0.39 is 0 Å². The van der Waals surface area contributed by atoms with Crippen molar-refractivity contribution in [1.29, 1.82) is 0 Å². The molecule has 1 aliphatic rings. The van der Waals surface area contributed by atoms with Crippen LogP contribution in [0.4, 0.5) is 5.69 Å². The molecule has 0 aliphatic carbocycles. The lowest BCUT2D eigenvalue weighted by Crippen LogP contribution is -2.36. The number of rotatable bonds is 1. The van der Waals surface area contributed by atoms with Gasteiger partial charge in [0.15, 0.2) is 0 Å². The summed E-state index contributed by atoms with van der Waals surface area (Å²) in [4.78, 5) is 27.9. The second-order valence-electron chi connectivity index (χ2n) is 4.47. The Morgan fingerprint density at radius 1 is 1.11 bits per heavy atom. The fourth-order valence-electron chi connectivity index (χ4n) is 2.28. The monoisotopic (exact) mass is 243 g/mol. The first-order valence-corrected chi connectivity index (χ1v) is 5.77. The summed E-state index contributed by atoms with van der Waals surface area (Å²) in [7, 11) is 1.48. The lowest BCUT2D eigenvalue weighted by Gasteiger charge is -2.16. The summed E-state index contributed by atoms with van der Waals surface area (Å²) in [5.41, 5.74) is 2.34. The number of benzene rings is 1. The van der Waals surface area contributed by atoms with E-state index in [1.807, 2.05) is 17.0 Å². The third kappa shape index (κ3) is 1.55. The molecular weight excluding hydrogens is 230 g/mol. The minimum Gasteiger partial charge on any atom is -0.357 e. The van der Waals surface area contributed by atoms with Crippen LogP contribution in [0, 0.1) is 0 Å². The van der Waals surface area contributed by atoms with Gasteiger partial charge >= 0.3 is 5.69 Å². The number of aromatic nitrogens is 2. The van der Waals surface area contributed by atoms with Gasteiger partial charge in [-0.1, -0.05) is 24.3 Å². The lowest BCUT2D eigenvalue weighted by atomic mass is 10.1. The van der Waals surface area contributed by atoms with Crippen LogP contribution in [0.5, 0.6) is 0 Å². The van der Waals surface area contributed by atoms with Gasteiger partial charge in [-0.3, -0.25) is 9.36 Å². The number of hydrogen-bond acceptors (Lipinski definition) is 3. The lowest BCUT2D eigenvalue weighted by molar-refractivity contribution is 0.752. The van der Waals surface area contributed by atoms with Crippen molar-refractivity contribution in [2.45, 2.75) is 13.1 Å². The van der Waals surface area contributed by atoms with E-state index in [2.05, 4.69) is 17.1 Å². The van der Waals surface area contributed by atoms with Gasteiger partial charge in [0.25, 0.3) is 5.56 Å². The minimum absolute atomic E-state index is 0.258. The Morgan fingerprint density at radius 2 is 1.72 bits per heavy atom. The van der Waals surface area contributed by atoms with Crippen molar-refractivity contribution in [3.8, 4) is 0 Å². The normalized spacial score (nSPS) is 13.7. The first-order valence-electron chi connectivity index (χ1n) is 5.77. The van der Waals surface area contributed by atoms with Crippen LogP contribution in [0.3, 0.4) is 0 Å². The van der Waals surface area contributed by atoms with E-state index >= 15 is 0 Å². The minimum atomic E-state index is -0.388. The molecule has 3 rings (SSSR count). The molecule has 0 amide bonds. The van der Waals surface area contributed by atoms with Crippen LogP contribution in [-0.2, 0) is 20.1 Å². The Morgan fingerprint density at radius 3 is 2.33 bits per heavy atom. The van der Waals surface area contributed by atoms with Crippen LogP contribution in [-0.4, -0.2) is 9.55 Å². The quantitative estimate of drug-likeness (QED) is 0.797. The molecule has 2 aromatic rings. The van der Waals surface area contributed by atoms with Gasteiger partial charge in [-0.05, 0) is 11.1 Å². The highest BCUT2D eigenvalue weighted by molar-refractivity contribution is 5.49. The molecule has 0 radical (unpaired) electrons. The fourth-order valence-corrected chi connectivity index (χ4v) is 2.28. The highest BCUT2D eigenvalue weighted by Crippen LogP contribution is 2.25. The van der Waals surface area contributed by atoms with Crippen LogP contribution in [0.1, 0.15) is 11.1 Å². The highest BCUT2D eigenvalue weighted by Gasteiger charge is 2.21. The summed E-state index contributed by atoms with van der Waals surface area (Å²) in [6, 6.07) is 8.11. The molecule has 5 heteroatoms. The summed E-state index contributed by atoms with van der Waals surface area (Å²) in [6.45, 7) is 1.41. The molecule has 0 unspecified atom stereocenters. The molecule has 18 heavy (non-hydrogen) atoms. The number of H-pyrrole nitrogens is 1. The molecule has 1 aromatic carbocycles. The van der Waals surface area contributed by atoms with Gasteiger partial charge in [0.05, 0.1) is 0 Å². The molecule has 1 aliphatic heterocycles. The van der Waals surface area contributed by atoms with Crippen LogP contribution in [0.25, 0.3) is 0 Å². The van der Waals surface area contributed by atoms with Gasteiger partial charge in [0.2, 0.25) is 0 Å². The van der Waals surface area contributed by atoms with Gasteiger partial charge in [-0.2, -0.15) is 0 Å². The molecule has 0 saturated heterocycles. The van der Waals surface area contributed by atoms with E-state index in [0.717, 1.165) is 4.57 Å². The molecule has 0 saturated carbocycles. The number of hydrogen-bond donors (Lipinski definition) is 1. The maximum atomic E-state index is 12.0. The Balaban J connectivity index is 2.03. The average Bonchev–Trinajstić information content (AvgIpc) is 2.79. The molecule has 2 heterocycles. The number of fused-ring (bicyclic) bond motifs is 1. The predicted molar refractivity (Wildman–Crippen MR) is 68.6 cm³/mol. The fraction of sp³-hybridized carbons (Fsp3) is 0.231. The van der Waals surface area contributed by atoms with E-state index in [0.29, 0.717) is 18.8 Å². The Hall–Kier alpha value is -2.30. The number of nitrogens with zero attached hydrogens (tertiary/aromatic N) is 2. The molecule has 0 atom stereocenters. The van der Waals surface area contributed by atoms with Crippen molar-refractivity contribution in [3.63, 3.8) is 0 Å². The van der Waals surface area contributed by atoms with Gasteiger partial charge in [0.1, 0.15) is 5.69 Å². The smallest absolute Gasteiger partial charge is 0.328 e. The highest BCUT2D eigenvalue weighted by atomic mass is 16.2. The van der Waals surface area contributed by atoms with E-state index in [9.17, 15) is 9.59 Å². The summed E-state index contributed by atoms with van der Waals surface area (Å²) < 4.78 is 1.10. The predicted octanol–water partition coefficient (Wildman–Crippen LogP) is 0.594. The van der Waals surface area contributed by atoms with Crippen LogP contribution in [0.15, 0.2) is 40.1 Å². The van der Waals surface area contributed by atoms with E-state index in [4.69, 9.17) is 0 Å². The van der Waals surface area contributed by atoms with Crippen molar-refractivity contribution in [2.75, 3.05) is 4.90 Å². The van der Waals surface area contributed by atoms with Crippen LogP contribution in [0.2, 0.25) is 0 Å². The molecule has 0 spiro atoms. The zero-order chi connectivity index (χ0) is 12.7. The first kappa shape index (κ1) is 10.8. The number of aromatic amines is 1. The summed E-state index contributed by atoms with van der Waals surface area (Å²) in [6.07, 6.45) is 1.50. The van der Waals surface area contributed by atoms with Crippen molar-refractivity contribution >= 4 is 5.69 Å². The number of anilines is 1. The largest absolute Gasteiger partial charge is 0.357 e. The van der Waals surface area contributed by atoms with Crippen molar-refractivity contribution in [3.05, 3.63) is 62.4 Å². The average molecular weight is 243 g/mol. The maximum absolute atomic E-state index is 12.0. The van der Waals surface area contributed by atoms with Crippen molar-refractivity contribution < 1.29 is 0 Å². The molecule has 5 nitrogen and oxygen atoms in total. The zero-order valence-corrected chi connectivity index (χ0v) is 10.0. The first-order chi connectivity index (χ1) is 8.66. The van der Waals surface area contributed by atoms with Gasteiger partial charge < -0.3 is 9.88 Å². The summed E-state index contributed by atoms with van der Waals surface area (Å²) >= 11 is 0. The number of nitrogens with one attached hydrogen (secondary N) is 1. The molecule has 92 valence electrons. The second-order valence-corrected chi connectivity index (χ2v) is 4.47. The van der Waals surface area contributed by atoms with Gasteiger partial charge in [-0.25, -0.2) is 4.79 Å². The summed E-state index contributed by atoms with van der Waals surface area (Å²) in [5.74, 6) is 0.